The van der Waals surface area contributed by atoms with E-state index in [1.54, 1.807) is 13.2 Å². The van der Waals surface area contributed by atoms with Gasteiger partial charge in [0.15, 0.2) is 11.5 Å². The standard InChI is InChI=1S/C18H21NO3/c1-4-12(20)17-18-8-11-15(18)10(19(11)2)7-9-5-6-13(21-3)16(22-17)14(9)18/h4-6,10-12,15,17,20H,1,7-8H2,2-3H3/t10-,11?,12+,15-,17+,18-/m1/s1. The van der Waals surface area contributed by atoms with Gasteiger partial charge in [0, 0.05) is 29.0 Å². The third-order valence-corrected chi connectivity index (χ3v) is 6.64. The van der Waals surface area contributed by atoms with E-state index in [4.69, 9.17) is 9.47 Å². The Labute approximate surface area is 130 Å². The highest BCUT2D eigenvalue weighted by molar-refractivity contribution is 5.63. The molecule has 4 nitrogen and oxygen atoms in total. The van der Waals surface area contributed by atoms with Crippen molar-refractivity contribution in [2.45, 2.75) is 42.5 Å². The Balaban J connectivity index is 1.73. The lowest BCUT2D eigenvalue weighted by molar-refractivity contribution is -0.202. The summed E-state index contributed by atoms with van der Waals surface area (Å²) >= 11 is 0. The zero-order chi connectivity index (χ0) is 15.2. The summed E-state index contributed by atoms with van der Waals surface area (Å²) in [5.41, 5.74) is 2.62. The predicted octanol–water partition coefficient (Wildman–Crippen LogP) is 1.50. The van der Waals surface area contributed by atoms with Crippen LogP contribution >= 0.6 is 0 Å². The number of hydrogen-bond acceptors (Lipinski definition) is 4. The molecule has 2 fully saturated rings. The first-order valence-electron chi connectivity index (χ1n) is 8.03. The fraction of sp³-hybridized carbons (Fsp3) is 0.556. The molecule has 2 aliphatic carbocycles. The summed E-state index contributed by atoms with van der Waals surface area (Å²) in [6.45, 7) is 3.77. The summed E-state index contributed by atoms with van der Waals surface area (Å²) in [7, 11) is 3.90. The van der Waals surface area contributed by atoms with Crippen molar-refractivity contribution in [3.8, 4) is 11.5 Å². The number of benzene rings is 1. The molecule has 116 valence electrons. The molecule has 6 atom stereocenters. The van der Waals surface area contributed by atoms with Crippen molar-refractivity contribution in [1.82, 2.24) is 4.90 Å². The molecule has 0 radical (unpaired) electrons. The average molecular weight is 299 g/mol. The van der Waals surface area contributed by atoms with Gasteiger partial charge in [-0.25, -0.2) is 0 Å². The molecule has 22 heavy (non-hydrogen) atoms. The average Bonchev–Trinajstić information content (AvgIpc) is 2.87. The smallest absolute Gasteiger partial charge is 0.165 e. The van der Waals surface area contributed by atoms with Gasteiger partial charge < -0.3 is 14.6 Å². The fourth-order valence-corrected chi connectivity index (χ4v) is 5.69. The Kier molecular flexibility index (Phi) is 2.28. The van der Waals surface area contributed by atoms with Gasteiger partial charge in [0.25, 0.3) is 0 Å². The van der Waals surface area contributed by atoms with E-state index in [2.05, 4.69) is 24.6 Å². The van der Waals surface area contributed by atoms with Gasteiger partial charge >= 0.3 is 0 Å². The van der Waals surface area contributed by atoms with Crippen LogP contribution in [0.25, 0.3) is 0 Å². The maximum absolute atomic E-state index is 10.5. The minimum absolute atomic E-state index is 0.0487. The van der Waals surface area contributed by atoms with Gasteiger partial charge in [0.1, 0.15) is 12.2 Å². The maximum Gasteiger partial charge on any atom is 0.165 e. The molecule has 0 bridgehead atoms. The van der Waals surface area contributed by atoms with Gasteiger partial charge in [-0.1, -0.05) is 12.1 Å². The van der Waals surface area contributed by atoms with E-state index in [0.29, 0.717) is 18.0 Å². The van der Waals surface area contributed by atoms with E-state index >= 15 is 0 Å². The number of methoxy groups -OCH3 is 1. The van der Waals surface area contributed by atoms with E-state index in [9.17, 15) is 5.11 Å². The highest BCUT2D eigenvalue weighted by atomic mass is 16.5. The second kappa shape index (κ2) is 3.87. The van der Waals surface area contributed by atoms with Crippen molar-refractivity contribution in [2.24, 2.45) is 5.92 Å². The van der Waals surface area contributed by atoms with Gasteiger partial charge in [-0.05, 0) is 31.5 Å². The van der Waals surface area contributed by atoms with Crippen molar-refractivity contribution >= 4 is 0 Å². The molecular weight excluding hydrogens is 278 g/mol. The lowest BCUT2D eigenvalue weighted by Gasteiger charge is -2.72. The minimum atomic E-state index is -0.643. The predicted molar refractivity (Wildman–Crippen MR) is 82.4 cm³/mol. The molecule has 2 aliphatic heterocycles. The number of likely N-dealkylation sites (tertiary alicyclic amines) is 1. The topological polar surface area (TPSA) is 41.9 Å². The summed E-state index contributed by atoms with van der Waals surface area (Å²) < 4.78 is 11.8. The molecule has 1 saturated carbocycles. The zero-order valence-electron chi connectivity index (χ0n) is 13.0. The molecule has 1 aromatic carbocycles. The van der Waals surface area contributed by atoms with Crippen LogP contribution in [0.4, 0.5) is 0 Å². The summed E-state index contributed by atoms with van der Waals surface area (Å²) in [6, 6.07) is 5.40. The number of rotatable bonds is 3. The molecule has 1 spiro atoms. The van der Waals surface area contributed by atoms with E-state index in [-0.39, 0.29) is 11.5 Å². The van der Waals surface area contributed by atoms with Gasteiger partial charge in [-0.3, -0.25) is 4.90 Å². The fourth-order valence-electron chi connectivity index (χ4n) is 5.69. The summed E-state index contributed by atoms with van der Waals surface area (Å²) in [5.74, 6) is 2.24. The molecule has 5 rings (SSSR count). The lowest BCUT2D eigenvalue weighted by atomic mass is 9.41. The molecule has 1 aromatic rings. The van der Waals surface area contributed by atoms with Crippen LogP contribution in [0.1, 0.15) is 17.5 Å². The number of aliphatic hydroxyl groups excluding tert-OH is 1. The van der Waals surface area contributed by atoms with Gasteiger partial charge in [-0.2, -0.15) is 0 Å². The van der Waals surface area contributed by atoms with Crippen molar-refractivity contribution in [2.75, 3.05) is 14.2 Å². The van der Waals surface area contributed by atoms with E-state index in [1.165, 1.54) is 11.1 Å². The largest absolute Gasteiger partial charge is 0.493 e. The van der Waals surface area contributed by atoms with Crippen LogP contribution < -0.4 is 9.47 Å². The number of hydrogen-bond donors (Lipinski definition) is 1. The van der Waals surface area contributed by atoms with Gasteiger partial charge in [0.2, 0.25) is 0 Å². The molecule has 2 heterocycles. The van der Waals surface area contributed by atoms with Crippen LogP contribution in [0.15, 0.2) is 24.8 Å². The van der Waals surface area contributed by atoms with Gasteiger partial charge in [0.05, 0.1) is 7.11 Å². The second-order valence-electron chi connectivity index (χ2n) is 7.17. The molecule has 4 heteroatoms. The molecule has 0 amide bonds. The molecular formula is C18H21NO3. The first kappa shape index (κ1) is 13.0. The zero-order valence-corrected chi connectivity index (χ0v) is 13.0. The Hall–Kier alpha value is -1.52. The first-order valence-corrected chi connectivity index (χ1v) is 8.03. The highest BCUT2D eigenvalue weighted by Crippen LogP contribution is 2.70. The van der Waals surface area contributed by atoms with E-state index in [1.807, 2.05) is 6.07 Å². The van der Waals surface area contributed by atoms with Gasteiger partial charge in [-0.15, -0.1) is 6.58 Å². The monoisotopic (exact) mass is 299 g/mol. The van der Waals surface area contributed by atoms with E-state index in [0.717, 1.165) is 24.3 Å². The minimum Gasteiger partial charge on any atom is -0.493 e. The quantitative estimate of drug-likeness (QED) is 0.859. The van der Waals surface area contributed by atoms with E-state index < -0.39 is 6.10 Å². The van der Waals surface area contributed by atoms with Crippen LogP contribution in [0, 0.1) is 5.92 Å². The molecule has 0 aromatic heterocycles. The Morgan fingerprint density at radius 1 is 1.50 bits per heavy atom. The lowest BCUT2D eigenvalue weighted by Crippen LogP contribution is -2.82. The van der Waals surface area contributed by atoms with Crippen molar-refractivity contribution in [3.63, 3.8) is 0 Å². The summed E-state index contributed by atoms with van der Waals surface area (Å²) in [4.78, 5) is 2.50. The van der Waals surface area contributed by atoms with Crippen LogP contribution in [0.2, 0.25) is 0 Å². The van der Waals surface area contributed by atoms with Crippen LogP contribution in [-0.4, -0.2) is 48.5 Å². The molecule has 4 aliphatic rings. The number of nitrogens with zero attached hydrogens (tertiary/aromatic N) is 1. The molecule has 1 saturated heterocycles. The Bertz CT molecular complexity index is 687. The number of likely N-dealkylation sites (N-methyl/N-ethyl adjacent to an activating group) is 1. The van der Waals surface area contributed by atoms with Crippen molar-refractivity contribution < 1.29 is 14.6 Å². The Morgan fingerprint density at radius 3 is 3.05 bits per heavy atom. The molecule has 1 N–H and O–H groups in total. The normalized spacial score (nSPS) is 41.4. The third-order valence-electron chi connectivity index (χ3n) is 6.64. The number of ether oxygens (including phenoxy) is 2. The Morgan fingerprint density at radius 2 is 2.32 bits per heavy atom. The van der Waals surface area contributed by atoms with Crippen LogP contribution in [0.3, 0.4) is 0 Å². The van der Waals surface area contributed by atoms with Crippen molar-refractivity contribution in [1.29, 1.82) is 0 Å². The van der Waals surface area contributed by atoms with Crippen molar-refractivity contribution in [3.05, 3.63) is 35.9 Å². The highest BCUT2D eigenvalue weighted by Gasteiger charge is 2.75. The second-order valence-corrected chi connectivity index (χ2v) is 7.17. The van der Waals surface area contributed by atoms with Crippen LogP contribution in [-0.2, 0) is 11.8 Å². The summed E-state index contributed by atoms with van der Waals surface area (Å²) in [5, 5.41) is 10.5. The summed E-state index contributed by atoms with van der Waals surface area (Å²) in [6.07, 6.45) is 2.87. The first-order chi connectivity index (χ1) is 10.6. The number of aliphatic hydroxyl groups is 1. The van der Waals surface area contributed by atoms with Crippen LogP contribution in [0.5, 0.6) is 11.5 Å². The number of piperidine rings is 1. The maximum atomic E-state index is 10.5. The third kappa shape index (κ3) is 1.14. The SMILES string of the molecule is C=C[C@H](O)[C@@H]1Oc2c(OC)ccc3c2[C@@]12CC1[C@H]2[C@@H](C3)N1C. The molecule has 1 unspecified atom stereocenters.